The van der Waals surface area contributed by atoms with Crippen molar-refractivity contribution in [3.8, 4) is 0 Å². The summed E-state index contributed by atoms with van der Waals surface area (Å²) < 4.78 is 6.58. The van der Waals surface area contributed by atoms with E-state index in [0.717, 1.165) is 17.8 Å². The van der Waals surface area contributed by atoms with E-state index in [1.54, 1.807) is 4.40 Å². The van der Waals surface area contributed by atoms with Crippen molar-refractivity contribution in [2.45, 2.75) is 45.3 Å². The fourth-order valence-corrected chi connectivity index (χ4v) is 3.23. The van der Waals surface area contributed by atoms with Crippen LogP contribution in [0.15, 0.2) is 11.2 Å². The van der Waals surface area contributed by atoms with Crippen LogP contribution in [0.4, 0.5) is 0 Å². The molecule has 2 heterocycles. The average Bonchev–Trinajstić information content (AvgIpc) is 2.99. The summed E-state index contributed by atoms with van der Waals surface area (Å²) in [5, 5.41) is 11.5. The molecular formula is C16H23N5O3S. The predicted octanol–water partition coefficient (Wildman–Crippen LogP) is 1.54. The average molecular weight is 365 g/mol. The number of thioether (sulfide) groups is 1. The van der Waals surface area contributed by atoms with Crippen molar-refractivity contribution in [2.24, 2.45) is 5.92 Å². The highest BCUT2D eigenvalue weighted by molar-refractivity contribution is 7.99. The van der Waals surface area contributed by atoms with E-state index in [2.05, 4.69) is 20.5 Å². The van der Waals surface area contributed by atoms with Gasteiger partial charge in [0.15, 0.2) is 5.16 Å². The largest absolute Gasteiger partial charge is 0.467 e. The van der Waals surface area contributed by atoms with Crippen molar-refractivity contribution in [3.05, 3.63) is 17.5 Å². The summed E-state index contributed by atoms with van der Waals surface area (Å²) in [4.78, 5) is 28.4. The minimum atomic E-state index is -0.649. The normalized spacial score (nSPS) is 13.5. The summed E-state index contributed by atoms with van der Waals surface area (Å²) in [5.41, 5.74) is 1.81. The summed E-state index contributed by atoms with van der Waals surface area (Å²) in [6.45, 7) is 7.69. The molecule has 2 atom stereocenters. The van der Waals surface area contributed by atoms with Gasteiger partial charge >= 0.3 is 5.97 Å². The highest BCUT2D eigenvalue weighted by Gasteiger charge is 2.26. The third-order valence-corrected chi connectivity index (χ3v) is 4.91. The zero-order valence-electron chi connectivity index (χ0n) is 15.1. The quantitative estimate of drug-likeness (QED) is 0.587. The van der Waals surface area contributed by atoms with Crippen LogP contribution in [0.3, 0.4) is 0 Å². The lowest BCUT2D eigenvalue weighted by Crippen LogP contribution is -2.46. The topological polar surface area (TPSA) is 98.5 Å². The van der Waals surface area contributed by atoms with E-state index < -0.39 is 12.0 Å². The molecule has 0 aromatic carbocycles. The van der Waals surface area contributed by atoms with Crippen LogP contribution in [0, 0.1) is 19.8 Å². The molecule has 0 aliphatic heterocycles. The first kappa shape index (κ1) is 19.2. The maximum absolute atomic E-state index is 12.3. The third-order valence-electron chi connectivity index (χ3n) is 3.98. The van der Waals surface area contributed by atoms with Gasteiger partial charge in [-0.15, -0.1) is 10.2 Å². The Labute approximate surface area is 150 Å². The van der Waals surface area contributed by atoms with E-state index >= 15 is 0 Å². The summed E-state index contributed by atoms with van der Waals surface area (Å²) in [6, 6.07) is 1.28. The first-order valence-electron chi connectivity index (χ1n) is 8.06. The maximum Gasteiger partial charge on any atom is 0.328 e. The van der Waals surface area contributed by atoms with E-state index in [0.29, 0.717) is 10.9 Å². The van der Waals surface area contributed by atoms with Gasteiger partial charge in [-0.05, 0) is 25.8 Å². The second kappa shape index (κ2) is 8.28. The number of nitrogens with zero attached hydrogens (tertiary/aromatic N) is 4. The van der Waals surface area contributed by atoms with Gasteiger partial charge in [0.05, 0.1) is 12.9 Å². The van der Waals surface area contributed by atoms with Crippen LogP contribution in [0.5, 0.6) is 0 Å². The van der Waals surface area contributed by atoms with E-state index in [1.165, 1.54) is 18.9 Å². The van der Waals surface area contributed by atoms with Crippen molar-refractivity contribution in [2.75, 3.05) is 12.9 Å². The van der Waals surface area contributed by atoms with Gasteiger partial charge in [-0.1, -0.05) is 32.0 Å². The van der Waals surface area contributed by atoms with Crippen molar-refractivity contribution in [1.29, 1.82) is 0 Å². The molecule has 1 N–H and O–H groups in total. The highest BCUT2D eigenvalue weighted by atomic mass is 32.2. The molecule has 0 fully saturated rings. The SMILES string of the molecule is CC[C@@H](C)[C@@H](NC(=O)CSc1nnc2nc(C)cc(C)n12)C(=O)OC. The van der Waals surface area contributed by atoms with Gasteiger partial charge in [0.2, 0.25) is 5.91 Å². The van der Waals surface area contributed by atoms with Gasteiger partial charge < -0.3 is 10.1 Å². The lowest BCUT2D eigenvalue weighted by molar-refractivity contribution is -0.146. The molecule has 0 aliphatic rings. The number of aromatic nitrogens is 4. The zero-order valence-corrected chi connectivity index (χ0v) is 15.9. The summed E-state index contributed by atoms with van der Waals surface area (Å²) in [7, 11) is 1.32. The molecule has 2 aromatic heterocycles. The Morgan fingerprint density at radius 2 is 2.08 bits per heavy atom. The lowest BCUT2D eigenvalue weighted by atomic mass is 9.99. The van der Waals surface area contributed by atoms with Gasteiger partial charge in [0.1, 0.15) is 6.04 Å². The standard InChI is InChI=1S/C16H23N5O3S/c1-6-9(2)13(14(23)24-5)18-12(22)8-25-16-20-19-15-17-10(3)7-11(4)21(15)16/h7,9,13H,6,8H2,1-5H3,(H,18,22)/t9-,13-/m1/s1. The molecule has 0 radical (unpaired) electrons. The molecule has 0 aliphatic carbocycles. The molecule has 0 bridgehead atoms. The van der Waals surface area contributed by atoms with Gasteiger partial charge in [-0.3, -0.25) is 9.20 Å². The van der Waals surface area contributed by atoms with Crippen LogP contribution in [0.1, 0.15) is 31.7 Å². The minimum absolute atomic E-state index is 0.00950. The Bertz CT molecular complexity index is 776. The van der Waals surface area contributed by atoms with Gasteiger partial charge in [0, 0.05) is 11.4 Å². The number of ether oxygens (including phenoxy) is 1. The fraction of sp³-hybridized carbons (Fsp3) is 0.562. The second-order valence-corrected chi connectivity index (χ2v) is 6.84. The summed E-state index contributed by atoms with van der Waals surface area (Å²) in [6.07, 6.45) is 0.756. The fourth-order valence-electron chi connectivity index (χ4n) is 2.44. The van der Waals surface area contributed by atoms with Crippen LogP contribution in [0.25, 0.3) is 5.78 Å². The number of rotatable bonds is 7. The molecule has 25 heavy (non-hydrogen) atoms. The van der Waals surface area contributed by atoms with Crippen molar-refractivity contribution in [3.63, 3.8) is 0 Å². The highest BCUT2D eigenvalue weighted by Crippen LogP contribution is 2.18. The number of amides is 1. The Morgan fingerprint density at radius 3 is 2.72 bits per heavy atom. The maximum atomic E-state index is 12.3. The summed E-state index contributed by atoms with van der Waals surface area (Å²) in [5.74, 6) is -0.0681. The molecule has 0 unspecified atom stereocenters. The van der Waals surface area contributed by atoms with Crippen molar-refractivity contribution >= 4 is 29.4 Å². The van der Waals surface area contributed by atoms with Gasteiger partial charge in [-0.25, -0.2) is 9.78 Å². The monoisotopic (exact) mass is 365 g/mol. The van der Waals surface area contributed by atoms with Crippen LogP contribution in [-0.2, 0) is 14.3 Å². The number of nitrogens with one attached hydrogen (secondary N) is 1. The molecule has 8 nitrogen and oxygen atoms in total. The number of carbonyl (C=O) groups is 2. The first-order valence-corrected chi connectivity index (χ1v) is 9.05. The Balaban J connectivity index is 2.06. The molecule has 1 amide bonds. The minimum Gasteiger partial charge on any atom is -0.467 e. The molecule has 2 rings (SSSR count). The van der Waals surface area contributed by atoms with Crippen LogP contribution >= 0.6 is 11.8 Å². The molecule has 9 heteroatoms. The molecule has 0 spiro atoms. The second-order valence-electron chi connectivity index (χ2n) is 5.90. The van der Waals surface area contributed by atoms with Crippen molar-refractivity contribution in [1.82, 2.24) is 24.9 Å². The Hall–Kier alpha value is -2.16. The van der Waals surface area contributed by atoms with E-state index in [9.17, 15) is 9.59 Å². The molecular weight excluding hydrogens is 342 g/mol. The molecule has 136 valence electrons. The van der Waals surface area contributed by atoms with E-state index in [4.69, 9.17) is 4.74 Å². The third kappa shape index (κ3) is 4.47. The number of hydrogen-bond donors (Lipinski definition) is 1. The van der Waals surface area contributed by atoms with E-state index in [1.807, 2.05) is 33.8 Å². The number of hydrogen-bond acceptors (Lipinski definition) is 7. The first-order chi connectivity index (χ1) is 11.9. The number of fused-ring (bicyclic) bond motifs is 1. The number of carbonyl (C=O) groups excluding carboxylic acids is 2. The smallest absolute Gasteiger partial charge is 0.328 e. The molecule has 2 aromatic rings. The predicted molar refractivity (Wildman–Crippen MR) is 94.4 cm³/mol. The Kier molecular flexibility index (Phi) is 6.35. The van der Waals surface area contributed by atoms with Crippen LogP contribution in [0.2, 0.25) is 0 Å². The van der Waals surface area contributed by atoms with Crippen LogP contribution < -0.4 is 5.32 Å². The number of methoxy groups -OCH3 is 1. The summed E-state index contributed by atoms with van der Waals surface area (Å²) >= 11 is 1.25. The zero-order chi connectivity index (χ0) is 18.6. The van der Waals surface area contributed by atoms with Gasteiger partial charge in [-0.2, -0.15) is 0 Å². The number of esters is 1. The van der Waals surface area contributed by atoms with E-state index in [-0.39, 0.29) is 17.6 Å². The number of aryl methyl sites for hydroxylation is 2. The molecule has 0 saturated carbocycles. The van der Waals surface area contributed by atoms with Crippen molar-refractivity contribution < 1.29 is 14.3 Å². The van der Waals surface area contributed by atoms with Gasteiger partial charge in [0.25, 0.3) is 5.78 Å². The Morgan fingerprint density at radius 1 is 1.36 bits per heavy atom. The lowest BCUT2D eigenvalue weighted by Gasteiger charge is -2.21. The molecule has 0 saturated heterocycles. The van der Waals surface area contributed by atoms with Crippen LogP contribution in [-0.4, -0.2) is 50.4 Å².